The molecule has 0 saturated carbocycles. The lowest BCUT2D eigenvalue weighted by molar-refractivity contribution is 0.359. The van der Waals surface area contributed by atoms with Crippen LogP contribution >= 0.6 is 45.3 Å². The molecule has 250 valence electrons. The molecule has 0 fully saturated rings. The molecule has 0 unspecified atom stereocenters. The summed E-state index contributed by atoms with van der Waals surface area (Å²) in [5.41, 5.74) is 0. The minimum absolute atomic E-state index is 0.581. The first-order valence-electron chi connectivity index (χ1n) is 16.1. The maximum Gasteiger partial charge on any atom is 0.190 e. The van der Waals surface area contributed by atoms with Gasteiger partial charge >= 0.3 is 0 Å². The van der Waals surface area contributed by atoms with Crippen LogP contribution in [-0.4, -0.2) is 0 Å². The fraction of sp³-hybridized carbons (Fsp3) is 0. The summed E-state index contributed by atoms with van der Waals surface area (Å²) in [7, 11) is 0. The molecule has 4 aromatic carbocycles. The van der Waals surface area contributed by atoms with E-state index >= 15 is 0 Å². The van der Waals surface area contributed by atoms with Gasteiger partial charge in [-0.05, 0) is 48.5 Å². The van der Waals surface area contributed by atoms with Crippen molar-refractivity contribution < 1.29 is 37.9 Å². The lowest BCUT2D eigenvalue weighted by atomic mass is 10.2. The van der Waals surface area contributed by atoms with E-state index in [0.29, 0.717) is 92.0 Å². The van der Waals surface area contributed by atoms with Gasteiger partial charge < -0.3 is 37.9 Å². The summed E-state index contributed by atoms with van der Waals surface area (Å²) in [4.78, 5) is 5.06. The van der Waals surface area contributed by atoms with Crippen LogP contribution in [0.15, 0.2) is 108 Å². The minimum atomic E-state index is 0.581. The Balaban J connectivity index is 1.06. The van der Waals surface area contributed by atoms with Gasteiger partial charge in [-0.25, -0.2) is 0 Å². The van der Waals surface area contributed by atoms with Crippen molar-refractivity contribution >= 4 is 45.3 Å². The zero-order valence-corrected chi connectivity index (χ0v) is 29.6. The Morgan fingerprint density at radius 3 is 0.808 bits per heavy atom. The Morgan fingerprint density at radius 2 is 0.500 bits per heavy atom. The number of ether oxygens (including phenoxy) is 8. The third-order valence-corrected chi connectivity index (χ3v) is 13.5. The smallest absolute Gasteiger partial charge is 0.190 e. The van der Waals surface area contributed by atoms with Gasteiger partial charge in [-0.2, -0.15) is 0 Å². The molecule has 8 heterocycles. The molecule has 0 aliphatic carbocycles. The highest BCUT2D eigenvalue weighted by Crippen LogP contribution is 2.69. The Kier molecular flexibility index (Phi) is 5.97. The first kappa shape index (κ1) is 28.7. The summed E-state index contributed by atoms with van der Waals surface area (Å²) >= 11 is 6.14. The van der Waals surface area contributed by atoms with Gasteiger partial charge in [0, 0.05) is 10.8 Å². The van der Waals surface area contributed by atoms with Crippen LogP contribution in [-0.2, 0) is 0 Å². The summed E-state index contributed by atoms with van der Waals surface area (Å²) in [6.07, 6.45) is 0. The van der Waals surface area contributed by atoms with E-state index in [-0.39, 0.29) is 0 Å². The molecule has 12 rings (SSSR count). The molecule has 0 spiro atoms. The Hall–Kier alpha value is -5.92. The molecule has 4 aromatic heterocycles. The predicted molar refractivity (Wildman–Crippen MR) is 201 cm³/mol. The first-order chi connectivity index (χ1) is 25.7. The van der Waals surface area contributed by atoms with E-state index in [2.05, 4.69) is 0 Å². The van der Waals surface area contributed by atoms with Crippen LogP contribution < -0.4 is 37.9 Å². The molecule has 8 nitrogen and oxygen atoms in total. The Morgan fingerprint density at radius 1 is 0.250 bits per heavy atom. The SMILES string of the molecule is c1ccc2c(c1)Oc1csc(-c3sc(-c4sc(-c5scc6c5Oc5ccccc5O6)c5c4Oc4ccccc4O5)c4c3Oc3ccccc3O4)c1O2. The van der Waals surface area contributed by atoms with E-state index in [9.17, 15) is 0 Å². The van der Waals surface area contributed by atoms with E-state index in [1.807, 2.05) is 108 Å². The highest BCUT2D eigenvalue weighted by atomic mass is 32.1. The maximum atomic E-state index is 6.72. The molecule has 0 saturated heterocycles. The molecule has 0 bridgehead atoms. The third-order valence-electron chi connectivity index (χ3n) is 8.80. The number of para-hydroxylation sites is 8. The normalized spacial score (nSPS) is 13.5. The van der Waals surface area contributed by atoms with Gasteiger partial charge in [0.25, 0.3) is 0 Å². The van der Waals surface area contributed by atoms with Crippen molar-refractivity contribution in [2.45, 2.75) is 0 Å². The van der Waals surface area contributed by atoms with Crippen LogP contribution in [0.25, 0.3) is 29.3 Å². The molecular weight excluding hydrogens is 737 g/mol. The van der Waals surface area contributed by atoms with Gasteiger partial charge in [-0.3, -0.25) is 0 Å². The second kappa shape index (κ2) is 10.8. The van der Waals surface area contributed by atoms with E-state index in [4.69, 9.17) is 37.9 Å². The van der Waals surface area contributed by atoms with Gasteiger partial charge in [-0.15, -0.1) is 45.3 Å². The van der Waals surface area contributed by atoms with Crippen LogP contribution in [0.1, 0.15) is 0 Å². The van der Waals surface area contributed by atoms with Crippen molar-refractivity contribution in [2.24, 2.45) is 0 Å². The van der Waals surface area contributed by atoms with Gasteiger partial charge in [-0.1, -0.05) is 48.5 Å². The monoisotopic (exact) mass is 754 g/mol. The summed E-state index contributed by atoms with van der Waals surface area (Å²) < 4.78 is 52.2. The zero-order valence-electron chi connectivity index (χ0n) is 26.3. The number of benzene rings is 4. The summed E-state index contributed by atoms with van der Waals surface area (Å²) in [5.74, 6) is 10.0. The Bertz CT molecular complexity index is 2600. The molecule has 12 heteroatoms. The van der Waals surface area contributed by atoms with E-state index in [0.717, 1.165) is 29.3 Å². The van der Waals surface area contributed by atoms with Crippen LogP contribution in [0.5, 0.6) is 92.0 Å². The fourth-order valence-electron chi connectivity index (χ4n) is 6.45. The first-order valence-corrected chi connectivity index (χ1v) is 19.5. The van der Waals surface area contributed by atoms with Crippen molar-refractivity contribution in [3.8, 4) is 121 Å². The summed E-state index contributed by atoms with van der Waals surface area (Å²) in [6.45, 7) is 0. The lowest BCUT2D eigenvalue weighted by Crippen LogP contribution is -1.99. The van der Waals surface area contributed by atoms with Crippen LogP contribution in [0, 0.1) is 0 Å². The maximum absolute atomic E-state index is 6.72. The van der Waals surface area contributed by atoms with Crippen molar-refractivity contribution in [3.05, 3.63) is 108 Å². The third kappa shape index (κ3) is 4.17. The molecule has 52 heavy (non-hydrogen) atoms. The number of hydrogen-bond donors (Lipinski definition) is 0. The second-order valence-electron chi connectivity index (χ2n) is 12.0. The molecule has 8 aromatic rings. The average molecular weight is 755 g/mol. The van der Waals surface area contributed by atoms with Gasteiger partial charge in [0.15, 0.2) is 92.0 Å². The minimum Gasteiger partial charge on any atom is -0.449 e. The van der Waals surface area contributed by atoms with Gasteiger partial charge in [0.05, 0.1) is 29.3 Å². The van der Waals surface area contributed by atoms with Crippen LogP contribution in [0.4, 0.5) is 0 Å². The van der Waals surface area contributed by atoms with E-state index in [1.165, 1.54) is 22.7 Å². The van der Waals surface area contributed by atoms with E-state index in [1.54, 1.807) is 22.7 Å². The molecular formula is C40H18O8S4. The molecule has 4 aliphatic heterocycles. The number of rotatable bonds is 3. The Labute approximate surface area is 310 Å². The van der Waals surface area contributed by atoms with E-state index < -0.39 is 0 Å². The second-order valence-corrected chi connectivity index (χ2v) is 15.8. The molecule has 0 atom stereocenters. The molecule has 4 aliphatic rings. The number of hydrogen-bond acceptors (Lipinski definition) is 12. The average Bonchev–Trinajstić information content (AvgIpc) is 3.97. The molecule has 0 amide bonds. The van der Waals surface area contributed by atoms with Crippen LogP contribution in [0.3, 0.4) is 0 Å². The number of thiophene rings is 4. The largest absolute Gasteiger partial charge is 0.449 e. The fourth-order valence-corrected chi connectivity index (χ4v) is 11.0. The zero-order chi connectivity index (χ0) is 33.9. The van der Waals surface area contributed by atoms with Crippen molar-refractivity contribution in [1.29, 1.82) is 0 Å². The summed E-state index contributed by atoms with van der Waals surface area (Å²) in [6, 6.07) is 30.6. The highest BCUT2D eigenvalue weighted by Gasteiger charge is 2.39. The van der Waals surface area contributed by atoms with Crippen molar-refractivity contribution in [3.63, 3.8) is 0 Å². The predicted octanol–water partition coefficient (Wildman–Crippen LogP) is 14.5. The quantitative estimate of drug-likeness (QED) is 0.176. The lowest BCUT2D eigenvalue weighted by Gasteiger charge is -2.21. The van der Waals surface area contributed by atoms with Crippen molar-refractivity contribution in [1.82, 2.24) is 0 Å². The molecule has 0 N–H and O–H groups in total. The van der Waals surface area contributed by atoms with Crippen LogP contribution in [0.2, 0.25) is 0 Å². The van der Waals surface area contributed by atoms with Crippen molar-refractivity contribution in [2.75, 3.05) is 0 Å². The van der Waals surface area contributed by atoms with Gasteiger partial charge in [0.1, 0.15) is 0 Å². The van der Waals surface area contributed by atoms with Gasteiger partial charge in [0.2, 0.25) is 0 Å². The highest BCUT2D eigenvalue weighted by molar-refractivity contribution is 7.29. The summed E-state index contributed by atoms with van der Waals surface area (Å²) in [5, 5.41) is 3.92. The number of fused-ring (bicyclic) bond motifs is 8. The standard InChI is InChI=1S/C40H18O8S4/c1-3-11-21-19(9-1)41-27-17-49-35(29(27)43-21)37-31-33(47-25-15-7-5-13-23(25)45-31)39(51-37)40-34-32(46-24-14-6-8-16-26(24)48-34)38(52-40)36-30-28(18-50-36)42-20-10-2-4-12-22(20)44-30/h1-18H. The molecule has 0 radical (unpaired) electrons. The topological polar surface area (TPSA) is 73.8 Å².